The largest absolute Gasteiger partial charge is 0.351 e. The van der Waals surface area contributed by atoms with Gasteiger partial charge in [0.05, 0.1) is 24.2 Å². The van der Waals surface area contributed by atoms with Crippen LogP contribution in [0.15, 0.2) is 49.2 Å². The first-order valence-corrected chi connectivity index (χ1v) is 11.3. The van der Waals surface area contributed by atoms with Crippen LogP contribution >= 0.6 is 11.3 Å². The lowest BCUT2D eigenvalue weighted by Gasteiger charge is -2.23. The van der Waals surface area contributed by atoms with E-state index < -0.39 is 0 Å². The Kier molecular flexibility index (Phi) is 8.19. The predicted octanol–water partition coefficient (Wildman–Crippen LogP) is 4.08. The van der Waals surface area contributed by atoms with Crippen LogP contribution in [-0.4, -0.2) is 33.5 Å². The van der Waals surface area contributed by atoms with Gasteiger partial charge in [-0.3, -0.25) is 4.79 Å². The molecule has 3 rings (SSSR count). The number of aryl methyl sites for hydroxylation is 1. The molecule has 1 N–H and O–H groups in total. The van der Waals surface area contributed by atoms with Crippen molar-refractivity contribution in [2.75, 3.05) is 18.0 Å². The molecule has 0 radical (unpaired) electrons. The zero-order chi connectivity index (χ0) is 22.1. The number of rotatable bonds is 11. The summed E-state index contributed by atoms with van der Waals surface area (Å²) in [5.74, 6) is 0.484. The van der Waals surface area contributed by atoms with Crippen molar-refractivity contribution in [3.63, 3.8) is 0 Å². The molecule has 8 heteroatoms. The number of benzene rings is 1. The lowest BCUT2D eigenvalue weighted by Crippen LogP contribution is -2.25. The molecule has 0 saturated carbocycles. The minimum Gasteiger partial charge on any atom is -0.351 e. The molecule has 3 aromatic rings. The van der Waals surface area contributed by atoms with E-state index in [1.54, 1.807) is 18.7 Å². The molecular weight excluding hydrogens is 408 g/mol. The minimum absolute atomic E-state index is 0.0865. The topological polar surface area (TPSA) is 86.8 Å². The minimum atomic E-state index is -0.0865. The van der Waals surface area contributed by atoms with Crippen LogP contribution in [0, 0.1) is 17.2 Å². The van der Waals surface area contributed by atoms with Crippen LogP contribution in [-0.2, 0) is 13.1 Å². The van der Waals surface area contributed by atoms with Crippen molar-refractivity contribution in [3.05, 3.63) is 65.2 Å². The second-order valence-corrected chi connectivity index (χ2v) is 8.84. The highest BCUT2D eigenvalue weighted by Crippen LogP contribution is 2.25. The maximum Gasteiger partial charge on any atom is 0.263 e. The molecule has 7 nitrogen and oxygen atoms in total. The zero-order valence-electron chi connectivity index (χ0n) is 18.0. The lowest BCUT2D eigenvalue weighted by molar-refractivity contribution is 0.0956. The highest BCUT2D eigenvalue weighted by Gasteiger charge is 2.16. The number of carbonyl (C=O) groups is 1. The first-order valence-electron chi connectivity index (χ1n) is 10.5. The molecule has 0 spiro atoms. The van der Waals surface area contributed by atoms with Crippen molar-refractivity contribution in [3.8, 4) is 6.07 Å². The quantitative estimate of drug-likeness (QED) is 0.458. The molecule has 1 aromatic carbocycles. The van der Waals surface area contributed by atoms with Crippen LogP contribution in [0.5, 0.6) is 0 Å². The third kappa shape index (κ3) is 6.93. The van der Waals surface area contributed by atoms with Gasteiger partial charge in [0.25, 0.3) is 5.91 Å². The van der Waals surface area contributed by atoms with Crippen LogP contribution in [0.1, 0.15) is 47.5 Å². The summed E-state index contributed by atoms with van der Waals surface area (Å²) in [7, 11) is 0. The van der Waals surface area contributed by atoms with Crippen molar-refractivity contribution in [2.45, 2.75) is 39.8 Å². The van der Waals surface area contributed by atoms with E-state index in [1.807, 2.05) is 35.0 Å². The molecular formula is C23H28N6OS. The number of nitriles is 1. The van der Waals surface area contributed by atoms with Crippen molar-refractivity contribution < 1.29 is 4.79 Å². The number of carbonyl (C=O) groups excluding carboxylic acids is 1. The maximum atomic E-state index is 12.5. The fraction of sp³-hybridized carbons (Fsp3) is 0.391. The summed E-state index contributed by atoms with van der Waals surface area (Å²) in [6, 6.07) is 9.77. The molecule has 0 unspecified atom stereocenters. The van der Waals surface area contributed by atoms with Crippen LogP contribution in [0.4, 0.5) is 5.13 Å². The van der Waals surface area contributed by atoms with Gasteiger partial charge in [0.15, 0.2) is 5.13 Å². The summed E-state index contributed by atoms with van der Waals surface area (Å²) in [6.07, 6.45) is 8.97. The Morgan fingerprint density at radius 3 is 2.81 bits per heavy atom. The molecule has 2 aromatic heterocycles. The summed E-state index contributed by atoms with van der Waals surface area (Å²) in [4.78, 5) is 23.9. The average molecular weight is 437 g/mol. The summed E-state index contributed by atoms with van der Waals surface area (Å²) >= 11 is 1.42. The number of hydrogen-bond donors (Lipinski definition) is 1. The van der Waals surface area contributed by atoms with E-state index in [2.05, 4.69) is 40.1 Å². The molecule has 162 valence electrons. The number of imidazole rings is 1. The van der Waals surface area contributed by atoms with Gasteiger partial charge in [-0.25, -0.2) is 9.97 Å². The van der Waals surface area contributed by atoms with E-state index in [9.17, 15) is 4.79 Å². The molecule has 1 amide bonds. The summed E-state index contributed by atoms with van der Waals surface area (Å²) in [5.41, 5.74) is 1.77. The third-order valence-corrected chi connectivity index (χ3v) is 5.92. The van der Waals surface area contributed by atoms with Gasteiger partial charge >= 0.3 is 0 Å². The van der Waals surface area contributed by atoms with Gasteiger partial charge in [0.1, 0.15) is 4.88 Å². The molecule has 0 fully saturated rings. The van der Waals surface area contributed by atoms with Gasteiger partial charge in [-0.15, -0.1) is 0 Å². The van der Waals surface area contributed by atoms with Gasteiger partial charge in [0.2, 0.25) is 0 Å². The van der Waals surface area contributed by atoms with Crippen molar-refractivity contribution in [2.24, 2.45) is 5.92 Å². The number of hydrogen-bond acceptors (Lipinski definition) is 6. The number of thiazole rings is 1. The highest BCUT2D eigenvalue weighted by molar-refractivity contribution is 7.17. The fourth-order valence-corrected chi connectivity index (χ4v) is 3.90. The zero-order valence-corrected chi connectivity index (χ0v) is 18.8. The first-order chi connectivity index (χ1) is 15.0. The van der Waals surface area contributed by atoms with Crippen LogP contribution < -0.4 is 10.2 Å². The number of amides is 1. The lowest BCUT2D eigenvalue weighted by atomic mass is 10.1. The number of aromatic nitrogens is 3. The van der Waals surface area contributed by atoms with E-state index >= 15 is 0 Å². The molecule has 0 saturated heterocycles. The van der Waals surface area contributed by atoms with E-state index in [0.29, 0.717) is 29.4 Å². The van der Waals surface area contributed by atoms with Gasteiger partial charge in [-0.2, -0.15) is 5.26 Å². The predicted molar refractivity (Wildman–Crippen MR) is 123 cm³/mol. The third-order valence-electron chi connectivity index (χ3n) is 4.86. The molecule has 0 aliphatic carbocycles. The average Bonchev–Trinajstić information content (AvgIpc) is 3.47. The van der Waals surface area contributed by atoms with Crippen molar-refractivity contribution in [1.29, 1.82) is 5.26 Å². The second kappa shape index (κ2) is 11.3. The van der Waals surface area contributed by atoms with Crippen LogP contribution in [0.2, 0.25) is 0 Å². The molecule has 2 heterocycles. The Hall–Kier alpha value is -3.18. The summed E-state index contributed by atoms with van der Waals surface area (Å²) in [5, 5.41) is 12.8. The molecule has 31 heavy (non-hydrogen) atoms. The summed E-state index contributed by atoms with van der Waals surface area (Å²) in [6.45, 7) is 7.37. The molecule has 0 atom stereocenters. The monoisotopic (exact) mass is 436 g/mol. The van der Waals surface area contributed by atoms with Crippen molar-refractivity contribution >= 4 is 22.4 Å². The Morgan fingerprint density at radius 2 is 2.13 bits per heavy atom. The Balaban J connectivity index is 1.59. The van der Waals surface area contributed by atoms with Gasteiger partial charge in [-0.05, 0) is 36.5 Å². The van der Waals surface area contributed by atoms with E-state index in [-0.39, 0.29) is 5.91 Å². The number of nitrogens with zero attached hydrogens (tertiary/aromatic N) is 5. The maximum absolute atomic E-state index is 12.5. The molecule has 0 bridgehead atoms. The Bertz CT molecular complexity index is 988. The Morgan fingerprint density at radius 1 is 1.32 bits per heavy atom. The first kappa shape index (κ1) is 22.5. The molecule has 0 aliphatic heterocycles. The van der Waals surface area contributed by atoms with Gasteiger partial charge < -0.3 is 14.8 Å². The number of anilines is 1. The van der Waals surface area contributed by atoms with E-state index in [4.69, 9.17) is 5.26 Å². The van der Waals surface area contributed by atoms with Crippen molar-refractivity contribution in [1.82, 2.24) is 19.9 Å². The standard InChI is InChI=1S/C23H28N6OS/c1-18(2)8-12-29(16-20-6-4-19(14-24)5-7-20)23-27-15-21(31-23)22(30)26-9-3-11-28-13-10-25-17-28/h4-7,10,13,15,17-18H,3,8-9,11-12,16H2,1-2H3,(H,26,30). The second-order valence-electron chi connectivity index (χ2n) is 7.83. The Labute approximate surface area is 187 Å². The van der Waals surface area contributed by atoms with Crippen LogP contribution in [0.3, 0.4) is 0 Å². The highest BCUT2D eigenvalue weighted by atomic mass is 32.1. The number of nitrogens with one attached hydrogen (secondary N) is 1. The van der Waals surface area contributed by atoms with Crippen LogP contribution in [0.25, 0.3) is 0 Å². The van der Waals surface area contributed by atoms with E-state index in [1.165, 1.54) is 11.3 Å². The smallest absolute Gasteiger partial charge is 0.263 e. The van der Waals surface area contributed by atoms with Gasteiger partial charge in [-0.1, -0.05) is 37.3 Å². The molecule has 0 aliphatic rings. The fourth-order valence-electron chi connectivity index (χ4n) is 3.05. The van der Waals surface area contributed by atoms with E-state index in [0.717, 1.165) is 36.6 Å². The normalized spacial score (nSPS) is 10.8. The van der Waals surface area contributed by atoms with Gasteiger partial charge in [0, 0.05) is 38.6 Å². The summed E-state index contributed by atoms with van der Waals surface area (Å²) < 4.78 is 1.99. The SMILES string of the molecule is CC(C)CCN(Cc1ccc(C#N)cc1)c1ncc(C(=O)NCCCn2ccnc2)s1.